The lowest BCUT2D eigenvalue weighted by atomic mass is 9.54. The molecule has 292 valence electrons. The van der Waals surface area contributed by atoms with Crippen molar-refractivity contribution >= 4 is 0 Å². The van der Waals surface area contributed by atoms with E-state index in [1.165, 1.54) is 148 Å². The lowest BCUT2D eigenvalue weighted by Gasteiger charge is -2.57. The minimum atomic E-state index is 0.607. The molecule has 10 aliphatic rings. The number of nitrogens with one attached hydrogen (secondary N) is 1. The molecule has 2 aliphatic heterocycles. The molecule has 2 saturated heterocycles. The second-order valence-corrected chi connectivity index (χ2v) is 20.4. The van der Waals surface area contributed by atoms with Crippen molar-refractivity contribution in [2.45, 2.75) is 147 Å². The van der Waals surface area contributed by atoms with Crippen LogP contribution in [-0.2, 0) is 0 Å². The smallest absolute Gasteiger partial charge is 0.0281 e. The maximum atomic E-state index is 3.76. The van der Waals surface area contributed by atoms with Gasteiger partial charge in [0.2, 0.25) is 0 Å². The van der Waals surface area contributed by atoms with E-state index in [0.29, 0.717) is 23.9 Å². The van der Waals surface area contributed by atoms with Crippen LogP contribution in [0, 0.1) is 71.0 Å². The van der Waals surface area contributed by atoms with Crippen LogP contribution in [0.2, 0.25) is 0 Å². The van der Waals surface area contributed by atoms with Gasteiger partial charge in [-0.2, -0.15) is 0 Å². The summed E-state index contributed by atoms with van der Waals surface area (Å²) in [5.74, 6) is 9.87. The van der Waals surface area contributed by atoms with Gasteiger partial charge in [-0.1, -0.05) is 104 Å². The predicted molar refractivity (Wildman–Crippen MR) is 227 cm³/mol. The minimum absolute atomic E-state index is 0.607. The van der Waals surface area contributed by atoms with Gasteiger partial charge in [0.05, 0.1) is 0 Å². The molecule has 2 nitrogen and oxygen atoms in total. The van der Waals surface area contributed by atoms with Crippen LogP contribution in [0.15, 0.2) is 83.1 Å². The zero-order valence-corrected chi connectivity index (χ0v) is 34.1. The molecule has 54 heavy (non-hydrogen) atoms. The topological polar surface area (TPSA) is 15.3 Å². The third-order valence-electron chi connectivity index (χ3n) is 18.1. The third kappa shape index (κ3) is 6.92. The Balaban J connectivity index is 0.947. The van der Waals surface area contributed by atoms with Crippen molar-refractivity contribution in [1.29, 1.82) is 0 Å². The van der Waals surface area contributed by atoms with E-state index in [1.807, 2.05) is 11.1 Å². The number of rotatable bonds is 5. The molecule has 0 aromatic rings. The summed E-state index contributed by atoms with van der Waals surface area (Å²) in [6.07, 6.45) is 54.0. The number of fused-ring (bicyclic) bond motifs is 4. The summed E-state index contributed by atoms with van der Waals surface area (Å²) in [5, 5.41) is 3.76. The Morgan fingerprint density at radius 1 is 0.630 bits per heavy atom. The molecule has 14 atom stereocenters. The fourth-order valence-electron chi connectivity index (χ4n) is 15.5. The highest BCUT2D eigenvalue weighted by Crippen LogP contribution is 2.56. The van der Waals surface area contributed by atoms with Gasteiger partial charge in [0.1, 0.15) is 0 Å². The van der Waals surface area contributed by atoms with Gasteiger partial charge in [-0.15, -0.1) is 0 Å². The van der Waals surface area contributed by atoms with Crippen molar-refractivity contribution in [3.05, 3.63) is 83.1 Å². The Morgan fingerprint density at radius 2 is 1.52 bits per heavy atom. The molecule has 4 fully saturated rings. The molecule has 2 heteroatoms. The number of hydrogen-bond donors (Lipinski definition) is 1. The second-order valence-electron chi connectivity index (χ2n) is 20.4. The summed E-state index contributed by atoms with van der Waals surface area (Å²) in [7, 11) is 0. The van der Waals surface area contributed by atoms with Crippen molar-refractivity contribution < 1.29 is 0 Å². The number of allylic oxidation sites excluding steroid dienone is 11. The largest absolute Gasteiger partial charge is 0.316 e. The summed E-state index contributed by atoms with van der Waals surface area (Å²) in [5.41, 5.74) is 7.42. The maximum Gasteiger partial charge on any atom is 0.0281 e. The van der Waals surface area contributed by atoms with Crippen LogP contribution in [0.4, 0.5) is 0 Å². The number of hydrogen-bond acceptors (Lipinski definition) is 2. The first kappa shape index (κ1) is 36.4. The van der Waals surface area contributed by atoms with E-state index in [-0.39, 0.29) is 0 Å². The normalized spacial score (nSPS) is 45.4. The summed E-state index contributed by atoms with van der Waals surface area (Å²) < 4.78 is 0. The standard InChI is InChI=1S/C52H74N2/c1-35-42-16-7-8-18-47(42)51(50-29-28-46(40-30-31-53-33-40)48-19-9-10-20-49(48)50)34-54(41-14-3-2-4-15-41)52-32-39(26-27-43(35)52)36-22-24-38(25-23-36)45-21-11-13-37-12-5-6-17-44(37)45/h3,5,11-14,22,24-26,35-37,40-45,47,49-53H,2,4,6-10,15-21,23,27-34H2,1H3. The zero-order chi connectivity index (χ0) is 36.0. The average molecular weight is 727 g/mol. The average Bonchev–Trinajstić information content (AvgIpc) is 3.78. The Morgan fingerprint density at radius 3 is 2.37 bits per heavy atom. The quantitative estimate of drug-likeness (QED) is 0.284. The maximum absolute atomic E-state index is 3.76. The highest BCUT2D eigenvalue weighted by Gasteiger charge is 2.51. The summed E-state index contributed by atoms with van der Waals surface area (Å²) >= 11 is 0. The first-order valence-electron chi connectivity index (χ1n) is 24.0. The molecule has 0 radical (unpaired) electrons. The summed E-state index contributed by atoms with van der Waals surface area (Å²) in [6.45, 7) is 6.67. The molecule has 2 saturated carbocycles. The monoisotopic (exact) mass is 727 g/mol. The van der Waals surface area contributed by atoms with Crippen LogP contribution < -0.4 is 5.32 Å². The molecule has 8 aliphatic carbocycles. The highest BCUT2D eigenvalue weighted by molar-refractivity contribution is 5.34. The van der Waals surface area contributed by atoms with Crippen molar-refractivity contribution in [3.8, 4) is 0 Å². The molecule has 10 rings (SSSR count). The van der Waals surface area contributed by atoms with Gasteiger partial charge in [-0.05, 0) is 186 Å². The molecule has 2 heterocycles. The van der Waals surface area contributed by atoms with E-state index in [4.69, 9.17) is 0 Å². The minimum Gasteiger partial charge on any atom is -0.316 e. The first-order valence-corrected chi connectivity index (χ1v) is 24.0. The molecule has 0 spiro atoms. The zero-order valence-electron chi connectivity index (χ0n) is 34.1. The Bertz CT molecular complexity index is 1560. The van der Waals surface area contributed by atoms with Crippen LogP contribution >= 0.6 is 0 Å². The van der Waals surface area contributed by atoms with E-state index < -0.39 is 0 Å². The first-order chi connectivity index (χ1) is 26.7. The van der Waals surface area contributed by atoms with Gasteiger partial charge in [-0.25, -0.2) is 0 Å². The van der Waals surface area contributed by atoms with Crippen LogP contribution in [0.25, 0.3) is 0 Å². The van der Waals surface area contributed by atoms with Crippen LogP contribution in [0.5, 0.6) is 0 Å². The van der Waals surface area contributed by atoms with Crippen molar-refractivity contribution in [3.63, 3.8) is 0 Å². The van der Waals surface area contributed by atoms with Gasteiger partial charge in [0.15, 0.2) is 0 Å². The van der Waals surface area contributed by atoms with E-state index in [1.54, 1.807) is 11.1 Å². The third-order valence-corrected chi connectivity index (χ3v) is 18.1. The van der Waals surface area contributed by atoms with E-state index in [2.05, 4.69) is 77.9 Å². The fourth-order valence-corrected chi connectivity index (χ4v) is 15.5. The molecule has 14 unspecified atom stereocenters. The van der Waals surface area contributed by atoms with E-state index in [0.717, 1.165) is 59.2 Å². The summed E-state index contributed by atoms with van der Waals surface area (Å²) in [6, 6.07) is 1.36. The highest BCUT2D eigenvalue weighted by atomic mass is 15.2. The molecule has 0 bridgehead atoms. The Kier molecular flexibility index (Phi) is 10.9. The molecular formula is C52H74N2. The van der Waals surface area contributed by atoms with Gasteiger partial charge in [0, 0.05) is 31.1 Å². The fraction of sp³-hybridized carbons (Fsp3) is 0.731. The van der Waals surface area contributed by atoms with Gasteiger partial charge >= 0.3 is 0 Å². The van der Waals surface area contributed by atoms with Crippen LogP contribution in [0.3, 0.4) is 0 Å². The molecular weight excluding hydrogens is 653 g/mol. The molecule has 0 amide bonds. The molecule has 0 aromatic heterocycles. The number of nitrogens with zero attached hydrogens (tertiary/aromatic N) is 1. The van der Waals surface area contributed by atoms with Gasteiger partial charge in [0.25, 0.3) is 0 Å². The lowest BCUT2D eigenvalue weighted by molar-refractivity contribution is -0.0538. The molecule has 0 aromatic carbocycles. The number of likely N-dealkylation sites (tertiary alicyclic amines) is 1. The van der Waals surface area contributed by atoms with Crippen molar-refractivity contribution in [1.82, 2.24) is 10.2 Å². The second kappa shape index (κ2) is 16.2. The van der Waals surface area contributed by atoms with E-state index in [9.17, 15) is 0 Å². The summed E-state index contributed by atoms with van der Waals surface area (Å²) in [4.78, 5) is 3.25. The predicted octanol–water partition coefficient (Wildman–Crippen LogP) is 12.3. The molecule has 1 N–H and O–H groups in total. The van der Waals surface area contributed by atoms with Crippen molar-refractivity contribution in [2.24, 2.45) is 71.0 Å². The lowest BCUT2D eigenvalue weighted by Crippen LogP contribution is -2.57. The Labute approximate surface area is 330 Å². The van der Waals surface area contributed by atoms with Crippen LogP contribution in [-0.4, -0.2) is 36.6 Å². The SMILES string of the molecule is CC1C2CCCCC2C(C2CCC(C3CCNC3)=C3CCCCC32)CN(C2C=CCCC2)C2CC(C3C=CC(C4CC=CC5C=CCCC54)=CC3)=CCC12. The van der Waals surface area contributed by atoms with Crippen molar-refractivity contribution in [2.75, 3.05) is 19.6 Å². The van der Waals surface area contributed by atoms with Gasteiger partial charge < -0.3 is 5.32 Å². The van der Waals surface area contributed by atoms with Crippen LogP contribution in [0.1, 0.15) is 135 Å². The Hall–Kier alpha value is -1.90. The van der Waals surface area contributed by atoms with Gasteiger partial charge in [-0.3, -0.25) is 4.90 Å². The van der Waals surface area contributed by atoms with E-state index >= 15 is 0 Å².